The summed E-state index contributed by atoms with van der Waals surface area (Å²) in [6.07, 6.45) is 8.36. The highest BCUT2D eigenvalue weighted by molar-refractivity contribution is 5.67. The monoisotopic (exact) mass is 328 g/mol. The molecule has 0 amide bonds. The first-order valence-electron chi connectivity index (χ1n) is 9.00. The molecule has 1 saturated carbocycles. The summed E-state index contributed by atoms with van der Waals surface area (Å²) in [5.74, 6) is 1.00. The molecule has 1 nitrogen and oxygen atoms in total. The fraction of sp³-hybridized carbons (Fsp3) is 0.250. The van der Waals surface area contributed by atoms with Gasteiger partial charge in [0, 0.05) is 5.56 Å². The Kier molecular flexibility index (Phi) is 3.68. The Bertz CT molecular complexity index is 874. The van der Waals surface area contributed by atoms with Crippen LogP contribution in [0.5, 0.6) is 5.75 Å². The summed E-state index contributed by atoms with van der Waals surface area (Å²) in [7, 11) is 0. The highest BCUT2D eigenvalue weighted by Gasteiger charge is 2.62. The number of rotatable bonds is 2. The fourth-order valence-corrected chi connectivity index (χ4v) is 4.84. The second kappa shape index (κ2) is 5.77. The lowest BCUT2D eigenvalue weighted by atomic mass is 9.54. The van der Waals surface area contributed by atoms with Crippen molar-refractivity contribution in [2.24, 2.45) is 0 Å². The van der Waals surface area contributed by atoms with Gasteiger partial charge < -0.3 is 4.74 Å². The molecule has 1 aliphatic carbocycles. The van der Waals surface area contributed by atoms with E-state index in [-0.39, 0.29) is 11.0 Å². The second-order valence-corrected chi connectivity index (χ2v) is 7.08. The molecule has 2 unspecified atom stereocenters. The Morgan fingerprint density at radius 2 is 1.76 bits per heavy atom. The van der Waals surface area contributed by atoms with E-state index in [2.05, 4.69) is 87.2 Å². The minimum atomic E-state index is -0.306. The van der Waals surface area contributed by atoms with Gasteiger partial charge in [-0.05, 0) is 49.5 Å². The molecule has 2 aromatic carbocycles. The molecule has 0 bridgehead atoms. The minimum absolute atomic E-state index is 0.306. The largest absolute Gasteiger partial charge is 0.486 e. The molecular weight excluding hydrogens is 304 g/mol. The van der Waals surface area contributed by atoms with Crippen LogP contribution in [-0.2, 0) is 5.41 Å². The van der Waals surface area contributed by atoms with Crippen LogP contribution in [0.25, 0.3) is 0 Å². The zero-order valence-corrected chi connectivity index (χ0v) is 15.0. The quantitative estimate of drug-likeness (QED) is 0.659. The Balaban J connectivity index is 2.14. The van der Waals surface area contributed by atoms with E-state index < -0.39 is 0 Å². The molecule has 0 radical (unpaired) electrons. The summed E-state index contributed by atoms with van der Waals surface area (Å²) in [4.78, 5) is 0. The molecule has 1 fully saturated rings. The Labute approximate surface area is 150 Å². The SMILES string of the molecule is C=C/C=C1\C(=C/C)CCC2(C)Oc3ccccc3C12c1ccccc1. The summed E-state index contributed by atoms with van der Waals surface area (Å²) in [5, 5.41) is 0. The van der Waals surface area contributed by atoms with Gasteiger partial charge in [0.1, 0.15) is 11.4 Å². The van der Waals surface area contributed by atoms with Crippen molar-refractivity contribution >= 4 is 0 Å². The number of benzene rings is 2. The summed E-state index contributed by atoms with van der Waals surface area (Å²) in [6, 6.07) is 19.3. The molecule has 0 N–H and O–H groups in total. The molecule has 0 aromatic heterocycles. The number of hydrogen-bond acceptors (Lipinski definition) is 1. The van der Waals surface area contributed by atoms with Gasteiger partial charge in [0.2, 0.25) is 0 Å². The van der Waals surface area contributed by atoms with Crippen molar-refractivity contribution in [1.82, 2.24) is 0 Å². The van der Waals surface area contributed by atoms with Crippen molar-refractivity contribution in [3.63, 3.8) is 0 Å². The number of fused-ring (bicyclic) bond motifs is 3. The topological polar surface area (TPSA) is 9.23 Å². The third-order valence-electron chi connectivity index (χ3n) is 5.88. The minimum Gasteiger partial charge on any atom is -0.486 e. The molecule has 1 aliphatic heterocycles. The molecule has 2 atom stereocenters. The van der Waals surface area contributed by atoms with Gasteiger partial charge in [-0.25, -0.2) is 0 Å². The second-order valence-electron chi connectivity index (χ2n) is 7.08. The zero-order chi connectivity index (χ0) is 17.5. The Morgan fingerprint density at radius 3 is 2.48 bits per heavy atom. The van der Waals surface area contributed by atoms with Crippen molar-refractivity contribution in [1.29, 1.82) is 0 Å². The fourth-order valence-electron chi connectivity index (χ4n) is 4.84. The lowest BCUT2D eigenvalue weighted by Gasteiger charge is -2.49. The smallest absolute Gasteiger partial charge is 0.124 e. The first-order valence-corrected chi connectivity index (χ1v) is 9.00. The molecule has 0 spiro atoms. The van der Waals surface area contributed by atoms with E-state index in [4.69, 9.17) is 4.74 Å². The molecule has 2 aliphatic rings. The van der Waals surface area contributed by atoms with E-state index >= 15 is 0 Å². The first kappa shape index (κ1) is 16.0. The molecule has 2 aromatic rings. The molecular formula is C24H24O. The molecule has 1 heteroatoms. The van der Waals surface area contributed by atoms with Gasteiger partial charge in [0.25, 0.3) is 0 Å². The number of para-hydroxylation sites is 1. The van der Waals surface area contributed by atoms with E-state index in [1.54, 1.807) is 0 Å². The van der Waals surface area contributed by atoms with Gasteiger partial charge >= 0.3 is 0 Å². The molecule has 126 valence electrons. The van der Waals surface area contributed by atoms with Crippen molar-refractivity contribution in [2.45, 2.75) is 37.7 Å². The summed E-state index contributed by atoms with van der Waals surface area (Å²) in [6.45, 7) is 8.40. The predicted molar refractivity (Wildman–Crippen MR) is 104 cm³/mol. The van der Waals surface area contributed by atoms with E-state index in [0.717, 1.165) is 18.6 Å². The average Bonchev–Trinajstić information content (AvgIpc) is 2.92. The number of ether oxygens (including phenoxy) is 1. The van der Waals surface area contributed by atoms with Gasteiger partial charge in [-0.15, -0.1) is 0 Å². The maximum atomic E-state index is 6.62. The third kappa shape index (κ3) is 2.02. The molecule has 4 rings (SSSR count). The first-order chi connectivity index (χ1) is 12.2. The van der Waals surface area contributed by atoms with Crippen LogP contribution >= 0.6 is 0 Å². The molecule has 1 heterocycles. The highest BCUT2D eigenvalue weighted by Crippen LogP contribution is 2.62. The van der Waals surface area contributed by atoms with Gasteiger partial charge in [-0.2, -0.15) is 0 Å². The maximum absolute atomic E-state index is 6.62. The van der Waals surface area contributed by atoms with Crippen LogP contribution in [0.1, 0.15) is 37.8 Å². The lowest BCUT2D eigenvalue weighted by Crippen LogP contribution is -2.54. The molecule has 0 saturated heterocycles. The third-order valence-corrected chi connectivity index (χ3v) is 5.88. The van der Waals surface area contributed by atoms with E-state index in [9.17, 15) is 0 Å². The summed E-state index contributed by atoms with van der Waals surface area (Å²) < 4.78 is 6.62. The predicted octanol–water partition coefficient (Wildman–Crippen LogP) is 5.98. The van der Waals surface area contributed by atoms with Gasteiger partial charge in [0.15, 0.2) is 0 Å². The van der Waals surface area contributed by atoms with Crippen molar-refractivity contribution in [2.75, 3.05) is 0 Å². The van der Waals surface area contributed by atoms with E-state index in [1.807, 2.05) is 6.08 Å². The number of allylic oxidation sites excluding steroid dienone is 4. The van der Waals surface area contributed by atoms with Crippen LogP contribution in [0.2, 0.25) is 0 Å². The van der Waals surface area contributed by atoms with Crippen molar-refractivity contribution in [3.05, 3.63) is 102 Å². The number of hydrogen-bond donors (Lipinski definition) is 0. The highest BCUT2D eigenvalue weighted by atomic mass is 16.5. The lowest BCUT2D eigenvalue weighted by molar-refractivity contribution is 0.0510. The zero-order valence-electron chi connectivity index (χ0n) is 15.0. The van der Waals surface area contributed by atoms with Gasteiger partial charge in [-0.1, -0.05) is 73.3 Å². The van der Waals surface area contributed by atoms with Crippen LogP contribution in [0.4, 0.5) is 0 Å². The van der Waals surface area contributed by atoms with Gasteiger partial charge in [0.05, 0.1) is 5.41 Å². The maximum Gasteiger partial charge on any atom is 0.124 e. The van der Waals surface area contributed by atoms with Gasteiger partial charge in [-0.3, -0.25) is 0 Å². The Morgan fingerprint density at radius 1 is 1.04 bits per heavy atom. The van der Waals surface area contributed by atoms with Crippen molar-refractivity contribution < 1.29 is 4.74 Å². The standard InChI is InChI=1S/C24H24O/c1-4-11-20-18(5-2)16-17-23(3)24(20,19-12-7-6-8-13-19)21-14-9-10-15-22(21)25-23/h4-15H,1,16-17H2,2-3H3/b18-5-,20-11+. The molecule has 25 heavy (non-hydrogen) atoms. The van der Waals surface area contributed by atoms with E-state index in [0.29, 0.717) is 0 Å². The van der Waals surface area contributed by atoms with Crippen LogP contribution in [-0.4, -0.2) is 5.60 Å². The van der Waals surface area contributed by atoms with Crippen LogP contribution < -0.4 is 4.74 Å². The van der Waals surface area contributed by atoms with Crippen LogP contribution in [0, 0.1) is 0 Å². The summed E-state index contributed by atoms with van der Waals surface area (Å²) in [5.41, 5.74) is 4.64. The van der Waals surface area contributed by atoms with E-state index in [1.165, 1.54) is 22.3 Å². The Hall–Kier alpha value is -2.54. The normalized spacial score (nSPS) is 30.6. The van der Waals surface area contributed by atoms with Crippen LogP contribution in [0.15, 0.2) is 90.6 Å². The summed E-state index contributed by atoms with van der Waals surface area (Å²) >= 11 is 0. The van der Waals surface area contributed by atoms with Crippen molar-refractivity contribution in [3.8, 4) is 5.75 Å². The van der Waals surface area contributed by atoms with Crippen LogP contribution in [0.3, 0.4) is 0 Å². The average molecular weight is 328 g/mol.